The molecule has 0 unspecified atom stereocenters. The van der Waals surface area contributed by atoms with E-state index >= 15 is 0 Å². The standard InChI is InChI=1S/C13H26N2O2/c1-11(2)12(16)9-7-5-6-8-10-14-13(17)15(3)4/h11H,5-10H2,1-4H3,(H,14,17). The summed E-state index contributed by atoms with van der Waals surface area (Å²) in [6, 6.07) is -0.0417. The van der Waals surface area contributed by atoms with E-state index in [9.17, 15) is 9.59 Å². The van der Waals surface area contributed by atoms with Crippen LogP contribution in [0.2, 0.25) is 0 Å². The summed E-state index contributed by atoms with van der Waals surface area (Å²) in [5, 5.41) is 2.82. The highest BCUT2D eigenvalue weighted by Gasteiger charge is 2.06. The van der Waals surface area contributed by atoms with Gasteiger partial charge in [-0.05, 0) is 12.8 Å². The van der Waals surface area contributed by atoms with E-state index in [1.165, 1.54) is 4.90 Å². The molecule has 0 atom stereocenters. The molecule has 0 aromatic rings. The van der Waals surface area contributed by atoms with Crippen LogP contribution in [0, 0.1) is 5.92 Å². The van der Waals surface area contributed by atoms with Gasteiger partial charge in [-0.3, -0.25) is 4.79 Å². The number of unbranched alkanes of at least 4 members (excludes halogenated alkanes) is 3. The van der Waals surface area contributed by atoms with Crippen LogP contribution in [0.1, 0.15) is 46.0 Å². The second-order valence-electron chi connectivity index (χ2n) is 4.91. The van der Waals surface area contributed by atoms with Gasteiger partial charge in [0.15, 0.2) is 0 Å². The summed E-state index contributed by atoms with van der Waals surface area (Å²) < 4.78 is 0. The minimum absolute atomic E-state index is 0.0417. The molecule has 0 saturated carbocycles. The number of rotatable bonds is 8. The predicted octanol–water partition coefficient (Wildman–Crippen LogP) is 2.43. The number of hydrogen-bond acceptors (Lipinski definition) is 2. The average molecular weight is 242 g/mol. The molecule has 2 amide bonds. The van der Waals surface area contributed by atoms with Gasteiger partial charge in [-0.25, -0.2) is 4.79 Å². The van der Waals surface area contributed by atoms with Crippen LogP contribution in [-0.4, -0.2) is 37.4 Å². The van der Waals surface area contributed by atoms with Gasteiger partial charge in [-0.15, -0.1) is 0 Å². The van der Waals surface area contributed by atoms with Crippen molar-refractivity contribution in [3.05, 3.63) is 0 Å². The Morgan fingerprint density at radius 3 is 2.18 bits per heavy atom. The molecule has 0 bridgehead atoms. The number of carbonyl (C=O) groups is 2. The molecule has 0 aliphatic carbocycles. The summed E-state index contributed by atoms with van der Waals surface area (Å²) in [6.07, 6.45) is 4.78. The second-order valence-corrected chi connectivity index (χ2v) is 4.91. The van der Waals surface area contributed by atoms with E-state index in [0.717, 1.165) is 32.2 Å². The summed E-state index contributed by atoms with van der Waals surface area (Å²) in [7, 11) is 3.46. The zero-order valence-electron chi connectivity index (χ0n) is 11.6. The first kappa shape index (κ1) is 15.9. The molecule has 0 aromatic carbocycles. The molecule has 0 aliphatic rings. The van der Waals surface area contributed by atoms with Crippen LogP contribution in [0.3, 0.4) is 0 Å². The maximum absolute atomic E-state index is 11.3. The van der Waals surface area contributed by atoms with Gasteiger partial charge >= 0.3 is 6.03 Å². The van der Waals surface area contributed by atoms with Crippen molar-refractivity contribution in [3.8, 4) is 0 Å². The average Bonchev–Trinajstić information content (AvgIpc) is 2.26. The van der Waals surface area contributed by atoms with Crippen LogP contribution >= 0.6 is 0 Å². The van der Waals surface area contributed by atoms with Crippen LogP contribution in [0.25, 0.3) is 0 Å². The van der Waals surface area contributed by atoms with E-state index in [4.69, 9.17) is 0 Å². The molecule has 0 spiro atoms. The molecule has 0 saturated heterocycles. The molecule has 4 nitrogen and oxygen atoms in total. The topological polar surface area (TPSA) is 49.4 Å². The third kappa shape index (κ3) is 8.72. The molecular formula is C13H26N2O2. The van der Waals surface area contributed by atoms with Gasteiger partial charge < -0.3 is 10.2 Å². The largest absolute Gasteiger partial charge is 0.338 e. The van der Waals surface area contributed by atoms with Gasteiger partial charge in [0.1, 0.15) is 5.78 Å². The minimum Gasteiger partial charge on any atom is -0.338 e. The molecule has 0 rings (SSSR count). The predicted molar refractivity (Wildman–Crippen MR) is 70.0 cm³/mol. The lowest BCUT2D eigenvalue weighted by Gasteiger charge is -2.11. The molecule has 0 heterocycles. The maximum Gasteiger partial charge on any atom is 0.316 e. The zero-order valence-corrected chi connectivity index (χ0v) is 11.6. The summed E-state index contributed by atoms with van der Waals surface area (Å²) in [5.41, 5.74) is 0. The van der Waals surface area contributed by atoms with E-state index < -0.39 is 0 Å². The number of urea groups is 1. The normalized spacial score (nSPS) is 10.4. The Morgan fingerprint density at radius 1 is 1.06 bits per heavy atom. The van der Waals surface area contributed by atoms with Crippen molar-refractivity contribution in [1.29, 1.82) is 0 Å². The van der Waals surface area contributed by atoms with E-state index in [2.05, 4.69) is 5.32 Å². The molecule has 4 heteroatoms. The van der Waals surface area contributed by atoms with Crippen molar-refractivity contribution >= 4 is 11.8 Å². The van der Waals surface area contributed by atoms with Crippen LogP contribution in [0.4, 0.5) is 4.79 Å². The third-order valence-corrected chi connectivity index (χ3v) is 2.68. The fourth-order valence-electron chi connectivity index (χ4n) is 1.42. The van der Waals surface area contributed by atoms with Gasteiger partial charge in [-0.2, -0.15) is 0 Å². The smallest absolute Gasteiger partial charge is 0.316 e. The van der Waals surface area contributed by atoms with E-state index in [-0.39, 0.29) is 11.9 Å². The van der Waals surface area contributed by atoms with Crippen molar-refractivity contribution in [3.63, 3.8) is 0 Å². The lowest BCUT2D eigenvalue weighted by atomic mass is 10.0. The molecule has 17 heavy (non-hydrogen) atoms. The fourth-order valence-corrected chi connectivity index (χ4v) is 1.42. The first-order chi connectivity index (χ1) is 7.95. The van der Waals surface area contributed by atoms with Crippen molar-refractivity contribution in [2.45, 2.75) is 46.0 Å². The third-order valence-electron chi connectivity index (χ3n) is 2.68. The fraction of sp³-hybridized carbons (Fsp3) is 0.846. The van der Waals surface area contributed by atoms with E-state index in [1.54, 1.807) is 14.1 Å². The number of Topliss-reactive ketones (excluding diaryl/α,β-unsaturated/α-hetero) is 1. The van der Waals surface area contributed by atoms with Gasteiger partial charge in [0.05, 0.1) is 0 Å². The maximum atomic E-state index is 11.3. The van der Waals surface area contributed by atoms with E-state index in [1.807, 2.05) is 13.8 Å². The Kier molecular flexibility index (Phi) is 8.46. The first-order valence-corrected chi connectivity index (χ1v) is 6.43. The second kappa shape index (κ2) is 9.02. The lowest BCUT2D eigenvalue weighted by molar-refractivity contribution is -0.122. The van der Waals surface area contributed by atoms with Crippen LogP contribution in [0.15, 0.2) is 0 Å². The van der Waals surface area contributed by atoms with Crippen LogP contribution in [0.5, 0.6) is 0 Å². The van der Waals surface area contributed by atoms with Crippen molar-refractivity contribution in [1.82, 2.24) is 10.2 Å². The number of hydrogen-bond donors (Lipinski definition) is 1. The number of nitrogens with one attached hydrogen (secondary N) is 1. The summed E-state index contributed by atoms with van der Waals surface area (Å²) in [6.45, 7) is 4.60. The molecule has 0 fully saturated rings. The van der Waals surface area contributed by atoms with Gasteiger partial charge in [0, 0.05) is 33.0 Å². The lowest BCUT2D eigenvalue weighted by Crippen LogP contribution is -2.34. The van der Waals surface area contributed by atoms with Crippen molar-refractivity contribution < 1.29 is 9.59 Å². The van der Waals surface area contributed by atoms with Gasteiger partial charge in [0.2, 0.25) is 0 Å². The highest BCUT2D eigenvalue weighted by Crippen LogP contribution is 2.07. The summed E-state index contributed by atoms with van der Waals surface area (Å²) >= 11 is 0. The SMILES string of the molecule is CC(C)C(=O)CCCCCCNC(=O)N(C)C. The number of nitrogens with zero attached hydrogens (tertiary/aromatic N) is 1. The number of carbonyl (C=O) groups excluding carboxylic acids is 2. The Balaban J connectivity index is 3.30. The Labute approximate surface area is 105 Å². The quantitative estimate of drug-likeness (QED) is 0.665. The van der Waals surface area contributed by atoms with Crippen LogP contribution < -0.4 is 5.32 Å². The molecule has 1 N–H and O–H groups in total. The Morgan fingerprint density at radius 2 is 1.65 bits per heavy atom. The molecule has 0 radical (unpaired) electrons. The highest BCUT2D eigenvalue weighted by molar-refractivity contribution is 5.80. The van der Waals surface area contributed by atoms with Crippen molar-refractivity contribution in [2.24, 2.45) is 5.92 Å². The van der Waals surface area contributed by atoms with Crippen molar-refractivity contribution in [2.75, 3.05) is 20.6 Å². The first-order valence-electron chi connectivity index (χ1n) is 6.43. The molecule has 0 aliphatic heterocycles. The molecular weight excluding hydrogens is 216 g/mol. The summed E-state index contributed by atoms with van der Waals surface area (Å²) in [5.74, 6) is 0.514. The van der Waals surface area contributed by atoms with Gasteiger partial charge in [-0.1, -0.05) is 26.7 Å². The number of ketones is 1. The number of amides is 2. The zero-order chi connectivity index (χ0) is 13.3. The highest BCUT2D eigenvalue weighted by atomic mass is 16.2. The monoisotopic (exact) mass is 242 g/mol. The van der Waals surface area contributed by atoms with Gasteiger partial charge in [0.25, 0.3) is 0 Å². The molecule has 100 valence electrons. The molecule has 0 aromatic heterocycles. The minimum atomic E-state index is -0.0417. The van der Waals surface area contributed by atoms with E-state index in [0.29, 0.717) is 12.2 Å². The summed E-state index contributed by atoms with van der Waals surface area (Å²) in [4.78, 5) is 24.0. The Hall–Kier alpha value is -1.06. The Bertz CT molecular complexity index is 214. The van der Waals surface area contributed by atoms with Crippen LogP contribution in [-0.2, 0) is 4.79 Å².